The molecule has 0 saturated heterocycles. The highest BCUT2D eigenvalue weighted by molar-refractivity contribution is 5.98. The maximum atomic E-state index is 12.0. The zero-order chi connectivity index (χ0) is 17.0. The van der Waals surface area contributed by atoms with Crippen molar-refractivity contribution in [1.29, 1.82) is 0 Å². The molecule has 0 atom stereocenters. The van der Waals surface area contributed by atoms with Gasteiger partial charge in [0, 0.05) is 25.1 Å². The molecule has 0 aromatic heterocycles. The molecule has 0 saturated carbocycles. The molecular formula is C18H29NO3. The van der Waals surface area contributed by atoms with Crippen molar-refractivity contribution in [3.05, 3.63) is 35.4 Å². The van der Waals surface area contributed by atoms with E-state index in [1.165, 1.54) is 0 Å². The normalized spacial score (nSPS) is 11.8. The van der Waals surface area contributed by atoms with Gasteiger partial charge in [0.05, 0.1) is 0 Å². The molecule has 1 aliphatic heterocycles. The summed E-state index contributed by atoms with van der Waals surface area (Å²) in [6, 6.07) is 7.68. The predicted octanol–water partition coefficient (Wildman–Crippen LogP) is 4.34. The molecule has 1 aromatic carbocycles. The summed E-state index contributed by atoms with van der Waals surface area (Å²) in [6.07, 6.45) is 2.62. The van der Waals surface area contributed by atoms with Gasteiger partial charge in [-0.2, -0.15) is 0 Å². The highest BCUT2D eigenvalue weighted by Gasteiger charge is 2.25. The maximum absolute atomic E-state index is 12.0. The van der Waals surface area contributed by atoms with Crippen molar-refractivity contribution < 1.29 is 14.7 Å². The van der Waals surface area contributed by atoms with Crippen molar-refractivity contribution in [1.82, 2.24) is 4.90 Å². The quantitative estimate of drug-likeness (QED) is 0.795. The fourth-order valence-electron chi connectivity index (χ4n) is 2.25. The standard InChI is InChI=1S/C14H17NO3.2C2H6/c16-13(17)8-2-1-5-9-15-10-11-6-3-4-7-12(11)14(15)18;2*1-2/h3-4,6-7H,1-2,5,8-10H2,(H,16,17);2*1-2H3. The smallest absolute Gasteiger partial charge is 0.303 e. The van der Waals surface area contributed by atoms with Gasteiger partial charge in [-0.25, -0.2) is 0 Å². The van der Waals surface area contributed by atoms with Gasteiger partial charge >= 0.3 is 5.97 Å². The highest BCUT2D eigenvalue weighted by atomic mass is 16.4. The molecule has 0 radical (unpaired) electrons. The number of rotatable bonds is 6. The molecule has 0 aliphatic carbocycles. The fourth-order valence-corrected chi connectivity index (χ4v) is 2.25. The highest BCUT2D eigenvalue weighted by Crippen LogP contribution is 2.22. The molecule has 1 heterocycles. The van der Waals surface area contributed by atoms with E-state index < -0.39 is 5.97 Å². The Balaban J connectivity index is 0.00000102. The minimum Gasteiger partial charge on any atom is -0.481 e. The van der Waals surface area contributed by atoms with E-state index in [4.69, 9.17) is 5.11 Å². The third kappa shape index (κ3) is 6.29. The Kier molecular flexibility index (Phi) is 10.8. The van der Waals surface area contributed by atoms with Gasteiger partial charge in [0.15, 0.2) is 0 Å². The number of carboxylic acids is 1. The largest absolute Gasteiger partial charge is 0.481 e. The van der Waals surface area contributed by atoms with Crippen molar-refractivity contribution in [3.8, 4) is 0 Å². The van der Waals surface area contributed by atoms with E-state index in [0.717, 1.165) is 24.0 Å². The van der Waals surface area contributed by atoms with Crippen LogP contribution in [0.1, 0.15) is 69.3 Å². The van der Waals surface area contributed by atoms with Crippen LogP contribution in [0, 0.1) is 0 Å². The summed E-state index contributed by atoms with van der Waals surface area (Å²) >= 11 is 0. The molecule has 124 valence electrons. The molecule has 1 aromatic rings. The van der Waals surface area contributed by atoms with Gasteiger partial charge in [0.2, 0.25) is 0 Å². The summed E-state index contributed by atoms with van der Waals surface area (Å²) in [5.74, 6) is -0.650. The summed E-state index contributed by atoms with van der Waals surface area (Å²) in [7, 11) is 0. The van der Waals surface area contributed by atoms with E-state index in [-0.39, 0.29) is 12.3 Å². The molecule has 4 heteroatoms. The SMILES string of the molecule is CC.CC.O=C(O)CCCCCN1Cc2ccccc2C1=O. The second-order valence-electron chi connectivity index (χ2n) is 4.59. The minimum absolute atomic E-state index is 0.101. The topological polar surface area (TPSA) is 57.6 Å². The monoisotopic (exact) mass is 307 g/mol. The lowest BCUT2D eigenvalue weighted by Gasteiger charge is -2.14. The van der Waals surface area contributed by atoms with E-state index in [0.29, 0.717) is 19.5 Å². The summed E-state index contributed by atoms with van der Waals surface area (Å²) in [5, 5.41) is 8.52. The van der Waals surface area contributed by atoms with Gasteiger partial charge in [-0.1, -0.05) is 52.3 Å². The molecule has 1 aliphatic rings. The Morgan fingerprint density at radius 1 is 1.09 bits per heavy atom. The van der Waals surface area contributed by atoms with Crippen LogP contribution in [0.4, 0.5) is 0 Å². The molecule has 0 unspecified atom stereocenters. The second kappa shape index (κ2) is 11.8. The molecule has 1 amide bonds. The number of hydrogen-bond acceptors (Lipinski definition) is 2. The number of carbonyl (C=O) groups excluding carboxylic acids is 1. The van der Waals surface area contributed by atoms with Gasteiger partial charge in [0.25, 0.3) is 5.91 Å². The van der Waals surface area contributed by atoms with Gasteiger partial charge < -0.3 is 10.0 Å². The Bertz CT molecular complexity index is 457. The van der Waals surface area contributed by atoms with Gasteiger partial charge in [0.1, 0.15) is 0 Å². The van der Waals surface area contributed by atoms with Crippen LogP contribution in [0.2, 0.25) is 0 Å². The average Bonchev–Trinajstić information content (AvgIpc) is 2.87. The number of benzene rings is 1. The second-order valence-corrected chi connectivity index (χ2v) is 4.59. The van der Waals surface area contributed by atoms with E-state index >= 15 is 0 Å². The summed E-state index contributed by atoms with van der Waals surface area (Å²) in [4.78, 5) is 24.2. The van der Waals surface area contributed by atoms with E-state index in [1.54, 1.807) is 0 Å². The molecule has 0 bridgehead atoms. The lowest BCUT2D eigenvalue weighted by Crippen LogP contribution is -2.24. The first kappa shape index (κ1) is 20.2. The molecule has 22 heavy (non-hydrogen) atoms. The number of carboxylic acid groups (broad SMARTS) is 1. The van der Waals surface area contributed by atoms with Crippen LogP contribution in [0.15, 0.2) is 24.3 Å². The maximum Gasteiger partial charge on any atom is 0.303 e. The third-order valence-electron chi connectivity index (χ3n) is 3.21. The van der Waals surface area contributed by atoms with Crippen LogP contribution in [-0.2, 0) is 11.3 Å². The van der Waals surface area contributed by atoms with Crippen LogP contribution in [0.5, 0.6) is 0 Å². The predicted molar refractivity (Wildman–Crippen MR) is 90.0 cm³/mol. The first-order valence-corrected chi connectivity index (χ1v) is 8.27. The van der Waals surface area contributed by atoms with Crippen LogP contribution in [0.3, 0.4) is 0 Å². The number of hydrogen-bond donors (Lipinski definition) is 1. The van der Waals surface area contributed by atoms with Crippen LogP contribution < -0.4 is 0 Å². The van der Waals surface area contributed by atoms with Crippen molar-refractivity contribution in [2.24, 2.45) is 0 Å². The summed E-state index contributed by atoms with van der Waals surface area (Å²) < 4.78 is 0. The Morgan fingerprint density at radius 2 is 1.73 bits per heavy atom. The Labute approximate surface area is 134 Å². The number of amides is 1. The van der Waals surface area contributed by atoms with Crippen molar-refractivity contribution in [2.75, 3.05) is 6.54 Å². The van der Waals surface area contributed by atoms with E-state index in [1.807, 2.05) is 56.9 Å². The molecule has 0 fully saturated rings. The third-order valence-corrected chi connectivity index (χ3v) is 3.21. The van der Waals surface area contributed by atoms with Crippen molar-refractivity contribution in [2.45, 2.75) is 59.9 Å². The van der Waals surface area contributed by atoms with E-state index in [2.05, 4.69) is 0 Å². The number of aliphatic carboxylic acids is 1. The van der Waals surface area contributed by atoms with Crippen molar-refractivity contribution >= 4 is 11.9 Å². The lowest BCUT2D eigenvalue weighted by molar-refractivity contribution is -0.137. The van der Waals surface area contributed by atoms with Crippen LogP contribution in [0.25, 0.3) is 0 Å². The number of fused-ring (bicyclic) bond motifs is 1. The van der Waals surface area contributed by atoms with Crippen LogP contribution in [-0.4, -0.2) is 28.4 Å². The number of unbranched alkanes of at least 4 members (excludes halogenated alkanes) is 2. The first-order chi connectivity index (χ1) is 10.7. The average molecular weight is 307 g/mol. The van der Waals surface area contributed by atoms with Crippen LogP contribution >= 0.6 is 0 Å². The molecule has 1 N–H and O–H groups in total. The van der Waals surface area contributed by atoms with Gasteiger partial charge in [-0.3, -0.25) is 9.59 Å². The number of carbonyl (C=O) groups is 2. The fraction of sp³-hybridized carbons (Fsp3) is 0.556. The Hall–Kier alpha value is -1.84. The Morgan fingerprint density at radius 3 is 2.32 bits per heavy atom. The molecule has 0 spiro atoms. The zero-order valence-corrected chi connectivity index (χ0v) is 14.3. The van der Waals surface area contributed by atoms with Gasteiger partial charge in [-0.05, 0) is 24.5 Å². The van der Waals surface area contributed by atoms with E-state index in [9.17, 15) is 9.59 Å². The lowest BCUT2D eigenvalue weighted by atomic mass is 10.1. The first-order valence-electron chi connectivity index (χ1n) is 8.27. The number of nitrogens with zero attached hydrogens (tertiary/aromatic N) is 1. The molecule has 4 nitrogen and oxygen atoms in total. The molecule has 2 rings (SSSR count). The summed E-state index contributed by atoms with van der Waals surface area (Å²) in [5.41, 5.74) is 1.90. The molecular weight excluding hydrogens is 278 g/mol. The zero-order valence-electron chi connectivity index (χ0n) is 14.3. The summed E-state index contributed by atoms with van der Waals surface area (Å²) in [6.45, 7) is 9.40. The van der Waals surface area contributed by atoms with Gasteiger partial charge in [-0.15, -0.1) is 0 Å². The minimum atomic E-state index is -0.750. The van der Waals surface area contributed by atoms with Crippen molar-refractivity contribution in [3.63, 3.8) is 0 Å².